The van der Waals surface area contributed by atoms with E-state index >= 15 is 0 Å². The summed E-state index contributed by atoms with van der Waals surface area (Å²) in [6.07, 6.45) is 6.98. The van der Waals surface area contributed by atoms with E-state index in [0.717, 1.165) is 63.3 Å². The molecule has 0 atom stereocenters. The minimum Gasteiger partial charge on any atom is -0.468 e. The van der Waals surface area contributed by atoms with Crippen molar-refractivity contribution in [1.29, 1.82) is 0 Å². The van der Waals surface area contributed by atoms with Crippen molar-refractivity contribution in [3.05, 3.63) is 171 Å². The molecular formula is C56H45Cl2O2SiZr. The Kier molecular flexibility index (Phi) is 11.0. The van der Waals surface area contributed by atoms with Crippen LogP contribution in [0.5, 0.6) is 0 Å². The zero-order chi connectivity index (χ0) is 41.5. The van der Waals surface area contributed by atoms with E-state index in [2.05, 4.69) is 128 Å². The molecule has 2 aliphatic rings. The fourth-order valence-corrected chi connectivity index (χ4v) is 13.0. The van der Waals surface area contributed by atoms with Crippen molar-refractivity contribution >= 4 is 80.3 Å². The summed E-state index contributed by atoms with van der Waals surface area (Å²) in [5.74, 6) is 3.68. The number of halogens is 2. The van der Waals surface area contributed by atoms with Crippen LogP contribution in [-0.2, 0) is 51.9 Å². The van der Waals surface area contributed by atoms with E-state index in [-0.39, 0.29) is 26.2 Å². The van der Waals surface area contributed by atoms with Gasteiger partial charge in [-0.2, -0.15) is 0 Å². The predicted molar refractivity (Wildman–Crippen MR) is 261 cm³/mol. The van der Waals surface area contributed by atoms with Crippen LogP contribution in [0.1, 0.15) is 46.6 Å². The van der Waals surface area contributed by atoms with Crippen molar-refractivity contribution in [3.63, 3.8) is 0 Å². The maximum Gasteiger partial charge on any atom is 2.00 e. The number of hydrogen-bond acceptors (Lipinski definition) is 2. The number of rotatable bonds is 5. The van der Waals surface area contributed by atoms with Crippen LogP contribution >= 0.6 is 23.2 Å². The normalized spacial score (nSPS) is 13.3. The molecular weight excluding hydrogens is 895 g/mol. The van der Waals surface area contributed by atoms with Crippen LogP contribution in [-0.4, -0.2) is 8.80 Å². The molecule has 2 aromatic heterocycles. The van der Waals surface area contributed by atoms with Crippen LogP contribution in [0.4, 0.5) is 0 Å². The molecule has 0 bridgehead atoms. The third-order valence-corrected chi connectivity index (χ3v) is 15.6. The van der Waals surface area contributed by atoms with Crippen molar-refractivity contribution < 1.29 is 35.0 Å². The van der Waals surface area contributed by atoms with E-state index in [1.807, 2.05) is 26.0 Å². The molecule has 0 saturated carbocycles. The van der Waals surface area contributed by atoms with Gasteiger partial charge in [0.05, 0.1) is 8.80 Å². The molecule has 2 heterocycles. The summed E-state index contributed by atoms with van der Waals surface area (Å²) in [6.45, 7) is 8.63. The molecule has 12 rings (SSSR count). The van der Waals surface area contributed by atoms with Crippen molar-refractivity contribution in [2.24, 2.45) is 0 Å². The summed E-state index contributed by atoms with van der Waals surface area (Å²) in [5.41, 5.74) is 13.0. The minimum absolute atomic E-state index is 0. The van der Waals surface area contributed by atoms with Gasteiger partial charge in [0.2, 0.25) is 0 Å². The molecule has 6 heteroatoms. The van der Waals surface area contributed by atoms with Gasteiger partial charge < -0.3 is 8.83 Å². The number of aryl methyl sites for hydroxylation is 5. The summed E-state index contributed by atoms with van der Waals surface area (Å²) in [6, 6.07) is 46.1. The molecule has 0 saturated heterocycles. The Morgan fingerprint density at radius 2 is 1.11 bits per heavy atom. The summed E-state index contributed by atoms with van der Waals surface area (Å²) in [4.78, 5) is 0. The number of hydrogen-bond donors (Lipinski definition) is 0. The summed E-state index contributed by atoms with van der Waals surface area (Å²) in [5, 5.41) is 12.9. The van der Waals surface area contributed by atoms with Gasteiger partial charge in [0.1, 0.15) is 23.0 Å². The first-order valence-electron chi connectivity index (χ1n) is 21.5. The molecule has 0 spiro atoms. The molecule has 0 N–H and O–H groups in total. The van der Waals surface area contributed by atoms with Gasteiger partial charge in [-0.15, -0.1) is 35.9 Å². The van der Waals surface area contributed by atoms with Crippen LogP contribution in [0.2, 0.25) is 23.1 Å². The second-order valence-corrected chi connectivity index (χ2v) is 20.5. The second kappa shape index (κ2) is 16.5. The van der Waals surface area contributed by atoms with E-state index in [1.165, 1.54) is 112 Å². The minimum atomic E-state index is -0.892. The van der Waals surface area contributed by atoms with Crippen LogP contribution in [0.3, 0.4) is 0 Å². The summed E-state index contributed by atoms with van der Waals surface area (Å²) < 4.78 is 12.2. The van der Waals surface area contributed by atoms with Crippen LogP contribution in [0.15, 0.2) is 136 Å². The Morgan fingerprint density at radius 1 is 0.548 bits per heavy atom. The van der Waals surface area contributed by atoms with E-state index in [1.54, 1.807) is 0 Å². The monoisotopic (exact) mass is 937 g/mol. The molecule has 0 amide bonds. The molecule has 0 aliphatic heterocycles. The van der Waals surface area contributed by atoms with Gasteiger partial charge in [0, 0.05) is 5.02 Å². The maximum absolute atomic E-state index is 7.19. The van der Waals surface area contributed by atoms with Gasteiger partial charge in [-0.3, -0.25) is 0 Å². The maximum atomic E-state index is 7.19. The average molecular weight is 940 g/mol. The molecule has 62 heavy (non-hydrogen) atoms. The number of fused-ring (bicyclic) bond motifs is 6. The Labute approximate surface area is 393 Å². The number of benzene rings is 6. The first-order valence-corrected chi connectivity index (χ1v) is 24.8. The summed E-state index contributed by atoms with van der Waals surface area (Å²) >= 11 is 14.2. The van der Waals surface area contributed by atoms with Gasteiger partial charge in [-0.1, -0.05) is 180 Å². The van der Waals surface area contributed by atoms with E-state index in [0.29, 0.717) is 0 Å². The first kappa shape index (κ1) is 41.3. The molecule has 2 nitrogen and oxygen atoms in total. The van der Waals surface area contributed by atoms with Crippen LogP contribution < -0.4 is 5.19 Å². The van der Waals surface area contributed by atoms with Gasteiger partial charge in [-0.05, 0) is 109 Å². The quantitative estimate of drug-likeness (QED) is 0.127. The Hall–Kier alpha value is -4.70. The molecule has 1 radical (unpaired) electrons. The third-order valence-electron chi connectivity index (χ3n) is 13.2. The van der Waals surface area contributed by atoms with Crippen molar-refractivity contribution in [2.45, 2.75) is 65.5 Å². The SMILES string of the molecule is Cc1ccc(-c2ccc3ccccc3c2-[c-]2c([Si](C)C)c(Cl)c3c(Cl)c4c(cc32)CCC4)o1.Cc1ccc(-c2ccc3ccccc3c2-[c-]2ccc3cc4c(cc32)CCC4)o1.[Zr+2]. The molecule has 8 aromatic carbocycles. The van der Waals surface area contributed by atoms with E-state index in [4.69, 9.17) is 32.0 Å². The van der Waals surface area contributed by atoms with E-state index < -0.39 is 8.80 Å². The Balaban J connectivity index is 0.000000147. The van der Waals surface area contributed by atoms with Crippen molar-refractivity contribution in [3.8, 4) is 44.9 Å². The van der Waals surface area contributed by atoms with Crippen LogP contribution in [0.25, 0.3) is 88.0 Å². The average Bonchev–Trinajstić information content (AvgIpc) is 4.14. The van der Waals surface area contributed by atoms with Crippen LogP contribution in [0, 0.1) is 13.8 Å². The van der Waals surface area contributed by atoms with Gasteiger partial charge in [0.25, 0.3) is 0 Å². The molecule has 0 unspecified atom stereocenters. The topological polar surface area (TPSA) is 26.3 Å². The second-order valence-electron chi connectivity index (χ2n) is 17.2. The van der Waals surface area contributed by atoms with Crippen molar-refractivity contribution in [2.75, 3.05) is 0 Å². The smallest absolute Gasteiger partial charge is 0.468 e. The largest absolute Gasteiger partial charge is 2.00 e. The fraction of sp³-hybridized carbons (Fsp3) is 0.179. The fourth-order valence-electron chi connectivity index (χ4n) is 10.4. The van der Waals surface area contributed by atoms with Gasteiger partial charge in [-0.25, -0.2) is 0 Å². The zero-order valence-electron chi connectivity index (χ0n) is 35.4. The first-order chi connectivity index (χ1) is 29.7. The van der Waals surface area contributed by atoms with E-state index in [9.17, 15) is 0 Å². The van der Waals surface area contributed by atoms with Crippen molar-refractivity contribution in [1.82, 2.24) is 0 Å². The molecule has 0 fully saturated rings. The molecule has 303 valence electrons. The Bertz CT molecular complexity index is 3360. The number of furan rings is 2. The molecule has 10 aromatic rings. The zero-order valence-corrected chi connectivity index (χ0v) is 40.4. The standard InChI is InChI=1S/C29H24Cl2OSi.C27H21O.Zr/c1-16-11-14-23(32-16)21-13-12-17-7-4-5-9-19(17)24(21)25-22-15-18-8-6-10-20(18)27(30)26(22)28(31)29(25)33(2)3;1-17-9-14-26(28-17)24-13-10-18-5-2-3-8-22(18)27(24)23-12-11-21-15-19-6-4-7-20(19)16-25(21)23;/h4-5,7,9,11-15H,6,8,10H2,1-3H3;2-3,5,8-16H,4,6-7H2,1H3;/q2*-1;+2. The Morgan fingerprint density at radius 3 is 1.74 bits per heavy atom. The summed E-state index contributed by atoms with van der Waals surface area (Å²) in [7, 11) is -0.892. The van der Waals surface area contributed by atoms with Gasteiger partial charge >= 0.3 is 26.2 Å². The third kappa shape index (κ3) is 6.85. The predicted octanol–water partition coefficient (Wildman–Crippen LogP) is 16.1. The molecule has 2 aliphatic carbocycles. The van der Waals surface area contributed by atoms with Gasteiger partial charge in [0.15, 0.2) is 0 Å².